The summed E-state index contributed by atoms with van der Waals surface area (Å²) in [6.07, 6.45) is 9.56. The van der Waals surface area contributed by atoms with Crippen molar-refractivity contribution in [3.8, 4) is 0 Å². The Kier molecular flexibility index (Phi) is 3.52. The number of carbonyl (C=O) groups excluding carboxylic acids is 1. The first-order valence-corrected chi connectivity index (χ1v) is 4.97. The summed E-state index contributed by atoms with van der Waals surface area (Å²) in [6.45, 7) is 3.52. The number of allylic oxidation sites excluding steroid dienone is 2. The molecule has 0 spiro atoms. The van der Waals surface area contributed by atoms with Gasteiger partial charge in [-0.1, -0.05) is 12.2 Å². The summed E-state index contributed by atoms with van der Waals surface area (Å²) in [6, 6.07) is 0. The van der Waals surface area contributed by atoms with E-state index in [1.165, 1.54) is 6.92 Å². The quantitative estimate of drug-likeness (QED) is 0.460. The van der Waals surface area contributed by atoms with Crippen LogP contribution >= 0.6 is 0 Å². The average molecular weight is 182 g/mol. The standard InChI is InChI=1S/C11H18O2/c1-10(12)13-11(2)8-6-4-3-5-7-9-11/h3-4H,5-9H2,1-2H3. The molecule has 1 aliphatic rings. The molecule has 1 aliphatic carbocycles. The molecule has 0 saturated carbocycles. The predicted molar refractivity (Wildman–Crippen MR) is 52.4 cm³/mol. The highest BCUT2D eigenvalue weighted by atomic mass is 16.6. The van der Waals surface area contributed by atoms with Gasteiger partial charge in [-0.15, -0.1) is 0 Å². The molecule has 0 fully saturated rings. The summed E-state index contributed by atoms with van der Waals surface area (Å²) in [5, 5.41) is 0. The fourth-order valence-electron chi connectivity index (χ4n) is 1.79. The molecule has 1 atom stereocenters. The lowest BCUT2D eigenvalue weighted by atomic mass is 9.91. The molecule has 0 saturated heterocycles. The van der Waals surface area contributed by atoms with Crippen molar-refractivity contribution in [2.24, 2.45) is 0 Å². The Morgan fingerprint density at radius 3 is 2.69 bits per heavy atom. The highest BCUT2D eigenvalue weighted by Crippen LogP contribution is 2.26. The second-order valence-electron chi connectivity index (χ2n) is 3.95. The van der Waals surface area contributed by atoms with Gasteiger partial charge in [-0.3, -0.25) is 4.79 Å². The Labute approximate surface area is 80.0 Å². The van der Waals surface area contributed by atoms with E-state index >= 15 is 0 Å². The number of hydrogen-bond donors (Lipinski definition) is 0. The van der Waals surface area contributed by atoms with Crippen LogP contribution in [0.2, 0.25) is 0 Å². The van der Waals surface area contributed by atoms with Crippen LogP contribution in [0.1, 0.15) is 46.0 Å². The van der Waals surface area contributed by atoms with Gasteiger partial charge in [0, 0.05) is 6.92 Å². The Bertz CT molecular complexity index is 208. The molecule has 0 bridgehead atoms. The molecule has 0 aromatic carbocycles. The molecule has 0 radical (unpaired) electrons. The minimum Gasteiger partial charge on any atom is -0.460 e. The van der Waals surface area contributed by atoms with Crippen molar-refractivity contribution in [3.63, 3.8) is 0 Å². The van der Waals surface area contributed by atoms with E-state index in [2.05, 4.69) is 12.2 Å². The van der Waals surface area contributed by atoms with Crippen LogP contribution < -0.4 is 0 Å². The van der Waals surface area contributed by atoms with E-state index in [1.807, 2.05) is 6.92 Å². The van der Waals surface area contributed by atoms with Crippen LogP contribution in [0.5, 0.6) is 0 Å². The molecule has 0 N–H and O–H groups in total. The summed E-state index contributed by atoms with van der Waals surface area (Å²) in [5.74, 6) is -0.160. The molecule has 0 aliphatic heterocycles. The molecular weight excluding hydrogens is 164 g/mol. The van der Waals surface area contributed by atoms with Crippen LogP contribution in [0, 0.1) is 0 Å². The first-order valence-electron chi connectivity index (χ1n) is 4.97. The third-order valence-corrected chi connectivity index (χ3v) is 2.47. The van der Waals surface area contributed by atoms with Crippen LogP contribution in [0.4, 0.5) is 0 Å². The third-order valence-electron chi connectivity index (χ3n) is 2.47. The van der Waals surface area contributed by atoms with Crippen LogP contribution in [0.15, 0.2) is 12.2 Å². The zero-order chi connectivity index (χ0) is 9.73. The second kappa shape index (κ2) is 4.45. The van der Waals surface area contributed by atoms with Gasteiger partial charge in [0.15, 0.2) is 0 Å². The minimum atomic E-state index is -0.226. The summed E-state index contributed by atoms with van der Waals surface area (Å²) in [5.41, 5.74) is -0.226. The normalized spacial score (nSPS) is 29.1. The van der Waals surface area contributed by atoms with Crippen molar-refractivity contribution in [2.75, 3.05) is 0 Å². The van der Waals surface area contributed by atoms with E-state index in [1.54, 1.807) is 0 Å². The van der Waals surface area contributed by atoms with Crippen molar-refractivity contribution in [3.05, 3.63) is 12.2 Å². The maximum atomic E-state index is 10.9. The van der Waals surface area contributed by atoms with Crippen molar-refractivity contribution in [1.82, 2.24) is 0 Å². The van der Waals surface area contributed by atoms with Gasteiger partial charge >= 0.3 is 5.97 Å². The van der Waals surface area contributed by atoms with Gasteiger partial charge in [-0.2, -0.15) is 0 Å². The maximum absolute atomic E-state index is 10.9. The van der Waals surface area contributed by atoms with E-state index in [0.717, 1.165) is 32.1 Å². The summed E-state index contributed by atoms with van der Waals surface area (Å²) in [4.78, 5) is 10.9. The van der Waals surface area contributed by atoms with Gasteiger partial charge in [0.1, 0.15) is 5.60 Å². The molecule has 0 heterocycles. The summed E-state index contributed by atoms with van der Waals surface area (Å²) < 4.78 is 5.34. The van der Waals surface area contributed by atoms with Crippen molar-refractivity contribution >= 4 is 5.97 Å². The average Bonchev–Trinajstić information content (AvgIpc) is 1.97. The van der Waals surface area contributed by atoms with Crippen molar-refractivity contribution in [2.45, 2.75) is 51.6 Å². The minimum absolute atomic E-state index is 0.160. The lowest BCUT2D eigenvalue weighted by Crippen LogP contribution is -2.31. The second-order valence-corrected chi connectivity index (χ2v) is 3.95. The Morgan fingerprint density at radius 1 is 1.31 bits per heavy atom. The van der Waals surface area contributed by atoms with Gasteiger partial charge in [-0.25, -0.2) is 0 Å². The Hall–Kier alpha value is -0.790. The molecule has 0 aromatic heterocycles. The Morgan fingerprint density at radius 2 is 2.00 bits per heavy atom. The SMILES string of the molecule is CC(=O)OC1(C)CCC=CCCC1. The molecular formula is C11H18O2. The van der Waals surface area contributed by atoms with Crippen molar-refractivity contribution in [1.29, 1.82) is 0 Å². The van der Waals surface area contributed by atoms with E-state index in [9.17, 15) is 4.79 Å². The van der Waals surface area contributed by atoms with E-state index in [4.69, 9.17) is 4.74 Å². The van der Waals surface area contributed by atoms with Gasteiger partial charge < -0.3 is 4.74 Å². The van der Waals surface area contributed by atoms with Gasteiger partial charge in [-0.05, 0) is 39.0 Å². The zero-order valence-corrected chi connectivity index (χ0v) is 8.51. The molecule has 13 heavy (non-hydrogen) atoms. The molecule has 0 amide bonds. The fourth-order valence-corrected chi connectivity index (χ4v) is 1.79. The van der Waals surface area contributed by atoms with Crippen LogP contribution in [0.25, 0.3) is 0 Å². The first kappa shape index (κ1) is 10.3. The van der Waals surface area contributed by atoms with E-state index < -0.39 is 0 Å². The van der Waals surface area contributed by atoms with Gasteiger partial charge in [0.05, 0.1) is 0 Å². The molecule has 2 nitrogen and oxygen atoms in total. The fraction of sp³-hybridized carbons (Fsp3) is 0.727. The number of esters is 1. The molecule has 1 unspecified atom stereocenters. The smallest absolute Gasteiger partial charge is 0.303 e. The lowest BCUT2D eigenvalue weighted by Gasteiger charge is -2.29. The number of carbonyl (C=O) groups is 1. The largest absolute Gasteiger partial charge is 0.460 e. The summed E-state index contributed by atoms with van der Waals surface area (Å²) in [7, 11) is 0. The predicted octanol–water partition coefficient (Wildman–Crippen LogP) is 2.83. The topological polar surface area (TPSA) is 26.3 Å². The highest BCUT2D eigenvalue weighted by Gasteiger charge is 2.26. The molecule has 2 heteroatoms. The number of rotatable bonds is 1. The lowest BCUT2D eigenvalue weighted by molar-refractivity contribution is -0.156. The van der Waals surface area contributed by atoms with E-state index in [0.29, 0.717) is 0 Å². The maximum Gasteiger partial charge on any atom is 0.303 e. The third kappa shape index (κ3) is 3.62. The van der Waals surface area contributed by atoms with Gasteiger partial charge in [0.2, 0.25) is 0 Å². The van der Waals surface area contributed by atoms with Crippen LogP contribution in [-0.4, -0.2) is 11.6 Å². The Balaban J connectivity index is 2.53. The van der Waals surface area contributed by atoms with Crippen LogP contribution in [-0.2, 0) is 9.53 Å². The summed E-state index contributed by atoms with van der Waals surface area (Å²) >= 11 is 0. The molecule has 0 aromatic rings. The van der Waals surface area contributed by atoms with Crippen molar-refractivity contribution < 1.29 is 9.53 Å². The number of hydrogen-bond acceptors (Lipinski definition) is 2. The molecule has 1 rings (SSSR count). The monoisotopic (exact) mass is 182 g/mol. The van der Waals surface area contributed by atoms with Gasteiger partial charge in [0.25, 0.3) is 0 Å². The molecule has 74 valence electrons. The van der Waals surface area contributed by atoms with Crippen LogP contribution in [0.3, 0.4) is 0 Å². The number of ether oxygens (including phenoxy) is 1. The zero-order valence-electron chi connectivity index (χ0n) is 8.51. The van der Waals surface area contributed by atoms with E-state index in [-0.39, 0.29) is 11.6 Å². The highest BCUT2D eigenvalue weighted by molar-refractivity contribution is 5.66. The first-order chi connectivity index (χ1) is 6.12.